The summed E-state index contributed by atoms with van der Waals surface area (Å²) in [5, 5.41) is 16.0. The lowest BCUT2D eigenvalue weighted by Gasteiger charge is -2.44. The minimum Gasteiger partial charge on any atom is -0.453 e. The van der Waals surface area contributed by atoms with E-state index in [1.165, 1.54) is 12.7 Å². The average Bonchev–Trinajstić information content (AvgIpc) is 2.98. The number of rotatable bonds is 9. The van der Waals surface area contributed by atoms with Crippen LogP contribution in [0.3, 0.4) is 0 Å². The summed E-state index contributed by atoms with van der Waals surface area (Å²) in [5.41, 5.74) is 8.69. The topological polar surface area (TPSA) is 105 Å². The van der Waals surface area contributed by atoms with E-state index < -0.39 is 11.7 Å². The predicted molar refractivity (Wildman–Crippen MR) is 159 cm³/mol. The van der Waals surface area contributed by atoms with Gasteiger partial charge in [0.1, 0.15) is 0 Å². The van der Waals surface area contributed by atoms with Gasteiger partial charge in [0.15, 0.2) is 0 Å². The van der Waals surface area contributed by atoms with E-state index in [9.17, 15) is 14.7 Å². The first-order chi connectivity index (χ1) is 19.3. The van der Waals surface area contributed by atoms with Gasteiger partial charge in [0.05, 0.1) is 12.7 Å². The van der Waals surface area contributed by atoms with Crippen molar-refractivity contribution in [2.24, 2.45) is 17.6 Å². The van der Waals surface area contributed by atoms with Gasteiger partial charge >= 0.3 is 6.09 Å². The summed E-state index contributed by atoms with van der Waals surface area (Å²) in [6.45, 7) is 3.66. The highest BCUT2D eigenvalue weighted by atomic mass is 35.5. The molecule has 0 spiro atoms. The summed E-state index contributed by atoms with van der Waals surface area (Å²) in [6.07, 6.45) is 6.50. The van der Waals surface area contributed by atoms with Gasteiger partial charge in [0, 0.05) is 48.1 Å². The summed E-state index contributed by atoms with van der Waals surface area (Å²) in [5.74, 6) is -0.0675. The van der Waals surface area contributed by atoms with Gasteiger partial charge < -0.3 is 25.8 Å². The first-order valence-electron chi connectivity index (χ1n) is 14.7. The first kappa shape index (κ1) is 30.4. The van der Waals surface area contributed by atoms with Gasteiger partial charge in [0.25, 0.3) is 0 Å². The second-order valence-corrected chi connectivity index (χ2v) is 11.8. The summed E-state index contributed by atoms with van der Waals surface area (Å²) in [4.78, 5) is 27.2. The largest absolute Gasteiger partial charge is 0.453 e. The molecule has 4 atom stereocenters. The van der Waals surface area contributed by atoms with Gasteiger partial charge in [-0.3, -0.25) is 4.79 Å². The number of amides is 2. The Balaban J connectivity index is 1.68. The molecular formula is C32H44ClN3O4. The van der Waals surface area contributed by atoms with Crippen molar-refractivity contribution >= 4 is 23.6 Å². The van der Waals surface area contributed by atoms with Crippen molar-refractivity contribution in [2.45, 2.75) is 76.4 Å². The maximum atomic E-state index is 13.6. The number of methoxy groups -OCH3 is 1. The molecule has 218 valence electrons. The van der Waals surface area contributed by atoms with Crippen LogP contribution in [-0.2, 0) is 21.6 Å². The Kier molecular flexibility index (Phi) is 10.5. The van der Waals surface area contributed by atoms with Gasteiger partial charge in [-0.05, 0) is 74.1 Å². The molecule has 1 saturated heterocycles. The number of aliphatic hydroxyl groups is 1. The molecule has 1 saturated carbocycles. The average molecular weight is 570 g/mol. The molecule has 7 nitrogen and oxygen atoms in total. The molecule has 40 heavy (non-hydrogen) atoms. The van der Waals surface area contributed by atoms with E-state index in [4.69, 9.17) is 22.1 Å². The number of nitrogens with zero attached hydrogens (tertiary/aromatic N) is 1. The molecule has 0 bridgehead atoms. The van der Waals surface area contributed by atoms with Crippen LogP contribution in [0.1, 0.15) is 69.4 Å². The standard InChI is InChI=1S/C32H44ClN3O4/c1-3-22-9-4-10-23(19-22)29-27(14-6-15-28(29)33)32(39,16-8-17-35-31(38)40-2)25-12-7-18-36(21-25)30(37)24-11-5-13-26(34)20-24/h4,6,9-10,14-15,19,24-26,39H,3,5,7-8,11-13,16-18,20-21,34H2,1-2H3,(H,35,38)/t24-,25-,26+,32+/m1/s1. The Labute approximate surface area is 243 Å². The number of alkyl carbamates (subject to hydrolysis) is 1. The fourth-order valence-corrected chi connectivity index (χ4v) is 6.87. The van der Waals surface area contributed by atoms with Crippen LogP contribution in [0.25, 0.3) is 11.1 Å². The number of carbonyl (C=O) groups excluding carboxylic acids is 2. The fraction of sp³-hybridized carbons (Fsp3) is 0.562. The number of hydrogen-bond acceptors (Lipinski definition) is 5. The number of halogens is 1. The van der Waals surface area contributed by atoms with Crippen LogP contribution in [0.2, 0.25) is 5.02 Å². The number of ether oxygens (including phenoxy) is 1. The Bertz CT molecular complexity index is 1170. The molecule has 0 unspecified atom stereocenters. The second-order valence-electron chi connectivity index (χ2n) is 11.4. The number of carbonyl (C=O) groups is 2. The van der Waals surface area contributed by atoms with Gasteiger partial charge in [-0.2, -0.15) is 0 Å². The number of likely N-dealkylation sites (tertiary alicyclic amines) is 1. The molecular weight excluding hydrogens is 526 g/mol. The smallest absolute Gasteiger partial charge is 0.406 e. The highest BCUT2D eigenvalue weighted by molar-refractivity contribution is 6.33. The molecule has 0 radical (unpaired) electrons. The molecule has 2 fully saturated rings. The number of aryl methyl sites for hydroxylation is 1. The minimum atomic E-state index is -1.26. The zero-order chi connectivity index (χ0) is 28.7. The zero-order valence-electron chi connectivity index (χ0n) is 23.8. The van der Waals surface area contributed by atoms with Gasteiger partial charge in [-0.1, -0.05) is 61.3 Å². The lowest BCUT2D eigenvalue weighted by Crippen LogP contribution is -2.50. The number of nitrogens with two attached hydrogens (primary N) is 1. The molecule has 8 heteroatoms. The highest BCUT2D eigenvalue weighted by Gasteiger charge is 2.43. The molecule has 2 aliphatic rings. The second kappa shape index (κ2) is 13.8. The predicted octanol–water partition coefficient (Wildman–Crippen LogP) is 5.65. The Morgan fingerprint density at radius 3 is 2.73 bits per heavy atom. The van der Waals surface area contributed by atoms with Crippen LogP contribution in [0, 0.1) is 11.8 Å². The van der Waals surface area contributed by atoms with E-state index in [1.54, 1.807) is 0 Å². The highest BCUT2D eigenvalue weighted by Crippen LogP contribution is 2.46. The van der Waals surface area contributed by atoms with E-state index in [2.05, 4.69) is 24.4 Å². The van der Waals surface area contributed by atoms with E-state index in [1.807, 2.05) is 35.2 Å². The Hall–Kier alpha value is -2.61. The molecule has 0 aromatic heterocycles. The van der Waals surface area contributed by atoms with E-state index in [0.29, 0.717) is 37.5 Å². The van der Waals surface area contributed by atoms with Gasteiger partial charge in [-0.25, -0.2) is 4.79 Å². The lowest BCUT2D eigenvalue weighted by molar-refractivity contribution is -0.142. The van der Waals surface area contributed by atoms with Crippen molar-refractivity contribution in [3.05, 3.63) is 58.6 Å². The van der Waals surface area contributed by atoms with Crippen LogP contribution in [0.5, 0.6) is 0 Å². The fourth-order valence-electron chi connectivity index (χ4n) is 6.58. The lowest BCUT2D eigenvalue weighted by atomic mass is 9.72. The van der Waals surface area contributed by atoms with Crippen LogP contribution in [0.15, 0.2) is 42.5 Å². The van der Waals surface area contributed by atoms with Crippen LogP contribution in [0.4, 0.5) is 4.79 Å². The number of piperidine rings is 1. The van der Waals surface area contributed by atoms with Crippen molar-refractivity contribution in [3.63, 3.8) is 0 Å². The summed E-state index contributed by atoms with van der Waals surface area (Å²) < 4.78 is 4.72. The van der Waals surface area contributed by atoms with Crippen LogP contribution in [-0.4, -0.2) is 54.8 Å². The van der Waals surface area contributed by atoms with Crippen molar-refractivity contribution in [1.29, 1.82) is 0 Å². The zero-order valence-corrected chi connectivity index (χ0v) is 24.6. The third-order valence-corrected chi connectivity index (χ3v) is 9.08. The monoisotopic (exact) mass is 569 g/mol. The normalized spacial score (nSPS) is 22.8. The van der Waals surface area contributed by atoms with E-state index in [0.717, 1.165) is 61.6 Å². The van der Waals surface area contributed by atoms with Crippen LogP contribution >= 0.6 is 11.6 Å². The SMILES string of the molecule is CCc1cccc(-c2c(Cl)cccc2[C@](O)(CCCNC(=O)OC)[C@@H]2CCCN(C(=O)[C@@H]3CCC[C@H](N)C3)C2)c1. The van der Waals surface area contributed by atoms with Crippen molar-refractivity contribution in [2.75, 3.05) is 26.7 Å². The Morgan fingerprint density at radius 2 is 1.98 bits per heavy atom. The first-order valence-corrected chi connectivity index (χ1v) is 15.1. The molecule has 4 N–H and O–H groups in total. The molecule has 2 aromatic rings. The number of nitrogens with one attached hydrogen (secondary N) is 1. The Morgan fingerprint density at radius 1 is 1.18 bits per heavy atom. The number of hydrogen-bond donors (Lipinski definition) is 3. The quantitative estimate of drug-likeness (QED) is 0.338. The summed E-state index contributed by atoms with van der Waals surface area (Å²) in [7, 11) is 1.33. The van der Waals surface area contributed by atoms with E-state index >= 15 is 0 Å². The van der Waals surface area contributed by atoms with Crippen molar-refractivity contribution in [1.82, 2.24) is 10.2 Å². The molecule has 4 rings (SSSR count). The number of benzene rings is 2. The third-order valence-electron chi connectivity index (χ3n) is 8.77. The van der Waals surface area contributed by atoms with Gasteiger partial charge in [-0.15, -0.1) is 0 Å². The van der Waals surface area contributed by atoms with Crippen molar-refractivity contribution in [3.8, 4) is 11.1 Å². The summed E-state index contributed by atoms with van der Waals surface area (Å²) in [6, 6.07) is 14.1. The van der Waals surface area contributed by atoms with Crippen LogP contribution < -0.4 is 11.1 Å². The maximum absolute atomic E-state index is 13.6. The summed E-state index contributed by atoms with van der Waals surface area (Å²) >= 11 is 6.86. The van der Waals surface area contributed by atoms with Gasteiger partial charge in [0.2, 0.25) is 5.91 Å². The van der Waals surface area contributed by atoms with E-state index in [-0.39, 0.29) is 23.8 Å². The van der Waals surface area contributed by atoms with Crippen molar-refractivity contribution < 1.29 is 19.4 Å². The third kappa shape index (κ3) is 6.99. The molecule has 2 aromatic carbocycles. The molecule has 1 aliphatic heterocycles. The molecule has 1 heterocycles. The molecule has 1 aliphatic carbocycles. The molecule has 2 amide bonds. The maximum Gasteiger partial charge on any atom is 0.406 e. The minimum absolute atomic E-state index is 0.0432.